The lowest BCUT2D eigenvalue weighted by atomic mass is 10.1. The average molecular weight is 853 g/mol. The minimum absolute atomic E-state index is 0.0914. The molecule has 61 heavy (non-hydrogen) atoms. The summed E-state index contributed by atoms with van der Waals surface area (Å²) in [4.78, 5) is 37.9. The van der Waals surface area contributed by atoms with Crippen molar-refractivity contribution in [3.05, 3.63) is 60.8 Å². The maximum atomic E-state index is 12.8. The first kappa shape index (κ1) is 58.1. The van der Waals surface area contributed by atoms with Gasteiger partial charge in [-0.3, -0.25) is 14.4 Å². The van der Waals surface area contributed by atoms with Crippen molar-refractivity contribution in [2.75, 3.05) is 13.2 Å². The summed E-state index contributed by atoms with van der Waals surface area (Å²) in [6, 6.07) is 0. The Balaban J connectivity index is 4.42. The van der Waals surface area contributed by atoms with Crippen LogP contribution in [0.1, 0.15) is 252 Å². The fourth-order valence-electron chi connectivity index (χ4n) is 7.07. The molecule has 0 N–H and O–H groups in total. The Morgan fingerprint density at radius 1 is 0.328 bits per heavy atom. The Labute approximate surface area is 377 Å². The van der Waals surface area contributed by atoms with Gasteiger partial charge < -0.3 is 14.2 Å². The molecular formula is C55H96O6. The number of rotatable bonds is 46. The van der Waals surface area contributed by atoms with Gasteiger partial charge in [0.2, 0.25) is 0 Å². The van der Waals surface area contributed by atoms with Gasteiger partial charge in [-0.25, -0.2) is 0 Å². The van der Waals surface area contributed by atoms with Crippen LogP contribution in [-0.2, 0) is 28.6 Å². The second-order valence-electron chi connectivity index (χ2n) is 17.1. The van der Waals surface area contributed by atoms with E-state index in [0.29, 0.717) is 19.3 Å². The van der Waals surface area contributed by atoms with E-state index in [4.69, 9.17) is 14.2 Å². The monoisotopic (exact) mass is 853 g/mol. The Bertz CT molecular complexity index is 1120. The van der Waals surface area contributed by atoms with Crippen molar-refractivity contribution in [2.45, 2.75) is 258 Å². The number of esters is 3. The largest absolute Gasteiger partial charge is 0.462 e. The van der Waals surface area contributed by atoms with Crippen LogP contribution in [0.5, 0.6) is 0 Å². The lowest BCUT2D eigenvalue weighted by Crippen LogP contribution is -2.30. The lowest BCUT2D eigenvalue weighted by Gasteiger charge is -2.18. The van der Waals surface area contributed by atoms with Gasteiger partial charge in [0.05, 0.1) is 0 Å². The number of allylic oxidation sites excluding steroid dienone is 10. The third kappa shape index (κ3) is 48.0. The van der Waals surface area contributed by atoms with Crippen LogP contribution in [0.3, 0.4) is 0 Å². The summed E-state index contributed by atoms with van der Waals surface area (Å²) in [7, 11) is 0. The number of unbranched alkanes of at least 4 members (excludes halogenated alkanes) is 27. The average Bonchev–Trinajstić information content (AvgIpc) is 3.26. The van der Waals surface area contributed by atoms with Crippen molar-refractivity contribution in [1.29, 1.82) is 0 Å². The predicted octanol–water partition coefficient (Wildman–Crippen LogP) is 16.9. The van der Waals surface area contributed by atoms with E-state index in [9.17, 15) is 14.4 Å². The van der Waals surface area contributed by atoms with Crippen LogP contribution >= 0.6 is 0 Å². The Morgan fingerprint density at radius 2 is 0.623 bits per heavy atom. The number of carbonyl (C=O) groups is 3. The molecule has 0 saturated carbocycles. The number of carbonyl (C=O) groups excluding carboxylic acids is 3. The van der Waals surface area contributed by atoms with Gasteiger partial charge in [-0.1, -0.05) is 204 Å². The van der Waals surface area contributed by atoms with E-state index in [1.54, 1.807) is 0 Å². The van der Waals surface area contributed by atoms with E-state index in [-0.39, 0.29) is 31.1 Å². The van der Waals surface area contributed by atoms with Gasteiger partial charge in [0.25, 0.3) is 0 Å². The molecule has 1 atom stereocenters. The first-order valence-electron chi connectivity index (χ1n) is 25.8. The molecule has 1 unspecified atom stereocenters. The summed E-state index contributed by atoms with van der Waals surface area (Å²) in [6.45, 7) is 6.54. The maximum absolute atomic E-state index is 12.8. The van der Waals surface area contributed by atoms with E-state index in [0.717, 1.165) is 96.3 Å². The fourth-order valence-corrected chi connectivity index (χ4v) is 7.07. The third-order valence-corrected chi connectivity index (χ3v) is 11.0. The SMILES string of the molecule is CCCC/C=C\CCCCCCCC(=O)OCC(COC(=O)CCCCCCC\C=C/C=C\C=C/CCCCCCC)OC(=O)CCCCC/C=C\CCCCCCCCC. The molecule has 0 aromatic carbocycles. The summed E-state index contributed by atoms with van der Waals surface area (Å²) in [5, 5.41) is 0. The topological polar surface area (TPSA) is 78.9 Å². The van der Waals surface area contributed by atoms with E-state index < -0.39 is 6.10 Å². The van der Waals surface area contributed by atoms with Crippen LogP contribution in [-0.4, -0.2) is 37.2 Å². The van der Waals surface area contributed by atoms with Crippen molar-refractivity contribution < 1.29 is 28.6 Å². The molecule has 0 radical (unpaired) electrons. The van der Waals surface area contributed by atoms with E-state index in [1.807, 2.05) is 0 Å². The van der Waals surface area contributed by atoms with Crippen LogP contribution in [0.4, 0.5) is 0 Å². The van der Waals surface area contributed by atoms with Crippen LogP contribution in [0.25, 0.3) is 0 Å². The zero-order valence-electron chi connectivity index (χ0n) is 40.2. The van der Waals surface area contributed by atoms with Gasteiger partial charge >= 0.3 is 17.9 Å². The first-order valence-corrected chi connectivity index (χ1v) is 25.8. The zero-order chi connectivity index (χ0) is 44.4. The van der Waals surface area contributed by atoms with Gasteiger partial charge in [-0.05, 0) is 89.9 Å². The van der Waals surface area contributed by atoms with Gasteiger partial charge in [-0.2, -0.15) is 0 Å². The number of hydrogen-bond acceptors (Lipinski definition) is 6. The molecule has 0 aliphatic carbocycles. The van der Waals surface area contributed by atoms with Crippen molar-refractivity contribution in [3.63, 3.8) is 0 Å². The molecule has 0 rings (SSSR count). The highest BCUT2D eigenvalue weighted by Gasteiger charge is 2.19. The molecule has 0 fully saturated rings. The highest BCUT2D eigenvalue weighted by Crippen LogP contribution is 2.13. The van der Waals surface area contributed by atoms with Gasteiger partial charge in [0.1, 0.15) is 13.2 Å². The molecule has 0 aliphatic heterocycles. The standard InChI is InChI=1S/C55H96O6/c1-4-7-10-13-16-19-22-24-26-27-28-29-31-33-36-39-42-45-48-54(57)60-51-52(50-59-53(56)47-44-41-38-35-32-21-18-15-12-9-6-3)61-55(58)49-46-43-40-37-34-30-25-23-20-17-14-11-8-5-2/h15,18,22,24,26-30,34,52H,4-14,16-17,19-21,23,25,31-33,35-51H2,1-3H3/b18-15-,24-22-,27-26-,29-28-,34-30-. The van der Waals surface area contributed by atoms with Crippen LogP contribution in [0.15, 0.2) is 60.8 Å². The highest BCUT2D eigenvalue weighted by atomic mass is 16.6. The summed E-state index contributed by atoms with van der Waals surface area (Å²) in [5.74, 6) is -0.934. The minimum Gasteiger partial charge on any atom is -0.462 e. The van der Waals surface area contributed by atoms with Gasteiger partial charge in [0.15, 0.2) is 6.10 Å². The fraction of sp³-hybridized carbons (Fsp3) is 0.764. The van der Waals surface area contributed by atoms with Crippen molar-refractivity contribution in [2.24, 2.45) is 0 Å². The van der Waals surface area contributed by atoms with E-state index in [2.05, 4.69) is 81.5 Å². The zero-order valence-corrected chi connectivity index (χ0v) is 40.2. The number of ether oxygens (including phenoxy) is 3. The van der Waals surface area contributed by atoms with Crippen molar-refractivity contribution in [3.8, 4) is 0 Å². The molecule has 0 amide bonds. The quantitative estimate of drug-likeness (QED) is 0.0200. The van der Waals surface area contributed by atoms with Crippen LogP contribution in [0.2, 0.25) is 0 Å². The Hall–Kier alpha value is -2.89. The van der Waals surface area contributed by atoms with Gasteiger partial charge in [-0.15, -0.1) is 0 Å². The maximum Gasteiger partial charge on any atom is 0.306 e. The van der Waals surface area contributed by atoms with Crippen molar-refractivity contribution >= 4 is 17.9 Å². The molecule has 6 nitrogen and oxygen atoms in total. The molecule has 0 heterocycles. The predicted molar refractivity (Wildman–Crippen MR) is 261 cm³/mol. The second kappa shape index (κ2) is 49.8. The molecule has 0 aromatic heterocycles. The lowest BCUT2D eigenvalue weighted by molar-refractivity contribution is -0.167. The smallest absolute Gasteiger partial charge is 0.306 e. The Kier molecular flexibility index (Phi) is 47.4. The molecule has 0 spiro atoms. The van der Waals surface area contributed by atoms with Gasteiger partial charge in [0, 0.05) is 19.3 Å². The normalized spacial score (nSPS) is 12.5. The second-order valence-corrected chi connectivity index (χ2v) is 17.1. The van der Waals surface area contributed by atoms with E-state index >= 15 is 0 Å². The van der Waals surface area contributed by atoms with Crippen LogP contribution in [0, 0.1) is 0 Å². The molecular weight excluding hydrogens is 757 g/mol. The minimum atomic E-state index is -0.792. The molecule has 6 heteroatoms. The highest BCUT2D eigenvalue weighted by molar-refractivity contribution is 5.71. The summed E-state index contributed by atoms with van der Waals surface area (Å²) >= 11 is 0. The van der Waals surface area contributed by atoms with E-state index in [1.165, 1.54) is 116 Å². The molecule has 0 aliphatic rings. The first-order chi connectivity index (χ1) is 30.0. The Morgan fingerprint density at radius 3 is 1.02 bits per heavy atom. The third-order valence-electron chi connectivity index (χ3n) is 11.0. The number of hydrogen-bond donors (Lipinski definition) is 0. The summed E-state index contributed by atoms with van der Waals surface area (Å²) in [6.07, 6.45) is 60.6. The van der Waals surface area contributed by atoms with Crippen molar-refractivity contribution in [1.82, 2.24) is 0 Å². The summed E-state index contributed by atoms with van der Waals surface area (Å²) in [5.41, 5.74) is 0. The molecule has 0 saturated heterocycles. The molecule has 0 bridgehead atoms. The molecule has 0 aromatic rings. The van der Waals surface area contributed by atoms with Crippen LogP contribution < -0.4 is 0 Å². The summed E-state index contributed by atoms with van der Waals surface area (Å²) < 4.78 is 16.7. The molecule has 352 valence electrons.